The molecule has 0 atom stereocenters. The van der Waals surface area contributed by atoms with Gasteiger partial charge in [0.15, 0.2) is 0 Å². The average Bonchev–Trinajstić information content (AvgIpc) is 2.46. The molecule has 0 aliphatic carbocycles. The van der Waals surface area contributed by atoms with Gasteiger partial charge in [-0.15, -0.1) is 0 Å². The normalized spacial score (nSPS) is 15.9. The van der Waals surface area contributed by atoms with Gasteiger partial charge in [-0.25, -0.2) is 0 Å². The van der Waals surface area contributed by atoms with Gasteiger partial charge in [-0.1, -0.05) is 13.0 Å². The number of benzene rings is 1. The Balaban J connectivity index is 2.52. The van der Waals surface area contributed by atoms with Crippen molar-refractivity contribution in [2.75, 3.05) is 11.9 Å². The van der Waals surface area contributed by atoms with Gasteiger partial charge in [0.25, 0.3) is 5.91 Å². The molecule has 1 aliphatic rings. The highest BCUT2D eigenvalue weighted by molar-refractivity contribution is 6.08. The van der Waals surface area contributed by atoms with Gasteiger partial charge in [-0.2, -0.15) is 0 Å². The van der Waals surface area contributed by atoms with E-state index < -0.39 is 0 Å². The summed E-state index contributed by atoms with van der Waals surface area (Å²) in [6.07, 6.45) is 0.865. The highest BCUT2D eigenvalue weighted by Crippen LogP contribution is 2.26. The van der Waals surface area contributed by atoms with Crippen LogP contribution in [0, 0.1) is 0 Å². The predicted molar refractivity (Wildman–Crippen MR) is 75.2 cm³/mol. The van der Waals surface area contributed by atoms with Crippen LogP contribution in [0.15, 0.2) is 18.2 Å². The van der Waals surface area contributed by atoms with Gasteiger partial charge in [-0.05, 0) is 44.9 Å². The van der Waals surface area contributed by atoms with Gasteiger partial charge in [0.2, 0.25) is 5.91 Å². The maximum Gasteiger partial charge on any atom is 0.256 e. The number of fused-ring (bicyclic) bond motifs is 1. The summed E-state index contributed by atoms with van der Waals surface area (Å²) in [5.74, 6) is -0.234. The molecular formula is C15H20N2O2. The smallest absolute Gasteiger partial charge is 0.256 e. The number of carbonyl (C=O) groups is 2. The van der Waals surface area contributed by atoms with E-state index >= 15 is 0 Å². The lowest BCUT2D eigenvalue weighted by molar-refractivity contribution is -0.117. The number of anilines is 1. The lowest BCUT2D eigenvalue weighted by atomic mass is 10.0. The molecule has 0 fully saturated rings. The van der Waals surface area contributed by atoms with Gasteiger partial charge in [-0.3, -0.25) is 9.59 Å². The van der Waals surface area contributed by atoms with Crippen molar-refractivity contribution in [3.05, 3.63) is 29.3 Å². The molecule has 0 bridgehead atoms. The van der Waals surface area contributed by atoms with Gasteiger partial charge in [0.05, 0.1) is 11.3 Å². The SMILES string of the molecule is CCc1ccc2c(c1)C(=O)N(C(C)(C)C)CC(=O)N2. The van der Waals surface area contributed by atoms with E-state index in [1.165, 1.54) is 0 Å². The van der Waals surface area contributed by atoms with Crippen molar-refractivity contribution < 1.29 is 9.59 Å². The Morgan fingerprint density at radius 1 is 1.26 bits per heavy atom. The molecule has 1 aromatic rings. The van der Waals surface area contributed by atoms with Crippen molar-refractivity contribution in [2.24, 2.45) is 0 Å². The van der Waals surface area contributed by atoms with Crippen LogP contribution in [-0.2, 0) is 11.2 Å². The molecule has 0 saturated heterocycles. The van der Waals surface area contributed by atoms with Crippen molar-refractivity contribution >= 4 is 17.5 Å². The molecule has 0 unspecified atom stereocenters. The largest absolute Gasteiger partial charge is 0.324 e. The number of amides is 2. The molecular weight excluding hydrogens is 240 g/mol. The number of aryl methyl sites for hydroxylation is 1. The van der Waals surface area contributed by atoms with Gasteiger partial charge in [0.1, 0.15) is 6.54 Å². The summed E-state index contributed by atoms with van der Waals surface area (Å²) < 4.78 is 0. The first-order valence-electron chi connectivity index (χ1n) is 6.57. The van der Waals surface area contributed by atoms with E-state index in [2.05, 4.69) is 5.32 Å². The van der Waals surface area contributed by atoms with Gasteiger partial charge in [0, 0.05) is 5.54 Å². The minimum atomic E-state index is -0.377. The second-order valence-corrected chi connectivity index (χ2v) is 5.84. The highest BCUT2D eigenvalue weighted by atomic mass is 16.2. The van der Waals surface area contributed by atoms with Crippen LogP contribution in [0.3, 0.4) is 0 Å². The molecule has 19 heavy (non-hydrogen) atoms. The Morgan fingerprint density at radius 2 is 1.95 bits per heavy atom. The maximum absolute atomic E-state index is 12.6. The summed E-state index contributed by atoms with van der Waals surface area (Å²) in [5.41, 5.74) is 1.91. The Kier molecular flexibility index (Phi) is 3.35. The number of rotatable bonds is 1. The zero-order valence-electron chi connectivity index (χ0n) is 11.9. The molecule has 4 nitrogen and oxygen atoms in total. The first kappa shape index (κ1) is 13.6. The lowest BCUT2D eigenvalue weighted by Crippen LogP contribution is -2.47. The highest BCUT2D eigenvalue weighted by Gasteiger charge is 2.33. The molecule has 2 rings (SSSR count). The van der Waals surface area contributed by atoms with E-state index in [1.807, 2.05) is 45.9 Å². The molecule has 0 spiro atoms. The van der Waals surface area contributed by atoms with Crippen LogP contribution >= 0.6 is 0 Å². The third-order valence-electron chi connectivity index (χ3n) is 3.35. The molecule has 4 heteroatoms. The fraction of sp³-hybridized carbons (Fsp3) is 0.467. The summed E-state index contributed by atoms with van der Waals surface area (Å²) in [5, 5.41) is 2.80. The summed E-state index contributed by atoms with van der Waals surface area (Å²) in [6, 6.07) is 5.64. The van der Waals surface area contributed by atoms with Crippen molar-refractivity contribution in [1.29, 1.82) is 0 Å². The molecule has 0 aromatic heterocycles. The van der Waals surface area contributed by atoms with Crippen LogP contribution in [-0.4, -0.2) is 28.8 Å². The van der Waals surface area contributed by atoms with Crippen LogP contribution in [0.5, 0.6) is 0 Å². The minimum Gasteiger partial charge on any atom is -0.324 e. The van der Waals surface area contributed by atoms with Crippen LogP contribution in [0.1, 0.15) is 43.6 Å². The monoisotopic (exact) mass is 260 g/mol. The summed E-state index contributed by atoms with van der Waals surface area (Å²) in [6.45, 7) is 7.95. The molecule has 0 saturated carbocycles. The molecule has 102 valence electrons. The van der Waals surface area contributed by atoms with Crippen LogP contribution in [0.25, 0.3) is 0 Å². The molecule has 1 aromatic carbocycles. The number of nitrogens with one attached hydrogen (secondary N) is 1. The molecule has 1 heterocycles. The first-order valence-corrected chi connectivity index (χ1v) is 6.57. The van der Waals surface area contributed by atoms with Crippen molar-refractivity contribution in [3.8, 4) is 0 Å². The van der Waals surface area contributed by atoms with E-state index in [4.69, 9.17) is 0 Å². The second-order valence-electron chi connectivity index (χ2n) is 5.84. The molecule has 0 radical (unpaired) electrons. The third kappa shape index (κ3) is 2.62. The fourth-order valence-corrected chi connectivity index (χ4v) is 2.19. The zero-order chi connectivity index (χ0) is 14.2. The average molecular weight is 260 g/mol. The summed E-state index contributed by atoms with van der Waals surface area (Å²) in [7, 11) is 0. The topological polar surface area (TPSA) is 49.4 Å². The fourth-order valence-electron chi connectivity index (χ4n) is 2.19. The summed E-state index contributed by atoms with van der Waals surface area (Å²) in [4.78, 5) is 26.1. The van der Waals surface area contributed by atoms with Crippen LogP contribution in [0.2, 0.25) is 0 Å². The first-order chi connectivity index (χ1) is 8.82. The van der Waals surface area contributed by atoms with E-state index in [0.717, 1.165) is 12.0 Å². The Morgan fingerprint density at radius 3 is 2.53 bits per heavy atom. The van der Waals surface area contributed by atoms with E-state index in [9.17, 15) is 9.59 Å². The van der Waals surface area contributed by atoms with Gasteiger partial charge < -0.3 is 10.2 Å². The van der Waals surface area contributed by atoms with Crippen molar-refractivity contribution in [3.63, 3.8) is 0 Å². The summed E-state index contributed by atoms with van der Waals surface area (Å²) >= 11 is 0. The molecule has 1 aliphatic heterocycles. The predicted octanol–water partition coefficient (Wildman–Crippen LogP) is 2.44. The third-order valence-corrected chi connectivity index (χ3v) is 3.35. The molecule has 2 amide bonds. The van der Waals surface area contributed by atoms with Crippen molar-refractivity contribution in [2.45, 2.75) is 39.7 Å². The number of nitrogens with zero attached hydrogens (tertiary/aromatic N) is 1. The Bertz CT molecular complexity index is 529. The Labute approximate surface area is 113 Å². The number of carbonyl (C=O) groups excluding carboxylic acids is 2. The number of hydrogen-bond acceptors (Lipinski definition) is 2. The van der Waals surface area contributed by atoms with Crippen molar-refractivity contribution in [1.82, 2.24) is 4.90 Å². The number of hydrogen-bond donors (Lipinski definition) is 1. The van der Waals surface area contributed by atoms with Crippen LogP contribution < -0.4 is 5.32 Å². The second kappa shape index (κ2) is 4.68. The standard InChI is InChI=1S/C15H20N2O2/c1-5-10-6-7-12-11(8-10)14(19)17(15(2,3)4)9-13(18)16-12/h6-8H,5,9H2,1-4H3,(H,16,18). The van der Waals surface area contributed by atoms with E-state index in [0.29, 0.717) is 11.3 Å². The quantitative estimate of drug-likeness (QED) is 0.843. The minimum absolute atomic E-state index is 0.0869. The lowest BCUT2D eigenvalue weighted by Gasteiger charge is -2.34. The Hall–Kier alpha value is -1.84. The van der Waals surface area contributed by atoms with Crippen LogP contribution in [0.4, 0.5) is 5.69 Å². The maximum atomic E-state index is 12.6. The molecule has 1 N–H and O–H groups in total. The zero-order valence-corrected chi connectivity index (χ0v) is 11.9. The van der Waals surface area contributed by atoms with Gasteiger partial charge >= 0.3 is 0 Å². The van der Waals surface area contributed by atoms with E-state index in [1.54, 1.807) is 4.90 Å². The van der Waals surface area contributed by atoms with E-state index in [-0.39, 0.29) is 23.9 Å².